The van der Waals surface area contributed by atoms with Crippen molar-refractivity contribution in [3.8, 4) is 5.69 Å². The van der Waals surface area contributed by atoms with Gasteiger partial charge in [-0.3, -0.25) is 4.57 Å². The van der Waals surface area contributed by atoms with Crippen LogP contribution in [-0.4, -0.2) is 46.4 Å². The fourth-order valence-corrected chi connectivity index (χ4v) is 5.12. The molecule has 1 saturated heterocycles. The van der Waals surface area contributed by atoms with E-state index < -0.39 is 16.0 Å². The first-order valence-corrected chi connectivity index (χ1v) is 10.5. The van der Waals surface area contributed by atoms with Gasteiger partial charge in [-0.15, -0.1) is 0 Å². The molecule has 0 aliphatic carbocycles. The highest BCUT2D eigenvalue weighted by Gasteiger charge is 2.28. The van der Waals surface area contributed by atoms with E-state index >= 15 is 0 Å². The molecule has 0 radical (unpaired) electrons. The maximum atomic E-state index is 13.0. The van der Waals surface area contributed by atoms with E-state index in [4.69, 9.17) is 0 Å². The second-order valence-corrected chi connectivity index (χ2v) is 9.11. The number of aromatic nitrogens is 2. The van der Waals surface area contributed by atoms with E-state index in [1.54, 1.807) is 10.9 Å². The molecule has 146 valence electrons. The summed E-state index contributed by atoms with van der Waals surface area (Å²) >= 11 is 0. The van der Waals surface area contributed by atoms with E-state index in [0.29, 0.717) is 18.8 Å². The number of aryl methyl sites for hydroxylation is 2. The number of hydrogen-bond acceptors (Lipinski definition) is 4. The first-order chi connectivity index (χ1) is 13.3. The lowest BCUT2D eigenvalue weighted by Gasteiger charge is -2.17. The molecule has 1 N–H and O–H groups in total. The number of sulfonamides is 1. The number of imidazole rings is 1. The average Bonchev–Trinajstić information content (AvgIpc) is 3.32. The highest BCUT2D eigenvalue weighted by molar-refractivity contribution is 7.89. The summed E-state index contributed by atoms with van der Waals surface area (Å²) in [7, 11) is -3.74. The summed E-state index contributed by atoms with van der Waals surface area (Å²) in [6.07, 6.45) is 3.22. The largest absolute Gasteiger partial charge is 0.478 e. The third-order valence-corrected chi connectivity index (χ3v) is 7.16. The Bertz CT molecular complexity index is 1190. The fourth-order valence-electron chi connectivity index (χ4n) is 3.54. The van der Waals surface area contributed by atoms with Crippen LogP contribution in [0.1, 0.15) is 34.3 Å². The summed E-state index contributed by atoms with van der Waals surface area (Å²) in [5, 5.41) is 9.52. The maximum Gasteiger partial charge on any atom is 0.335 e. The van der Waals surface area contributed by atoms with Gasteiger partial charge in [0.15, 0.2) is 0 Å². The first kappa shape index (κ1) is 18.6. The molecule has 28 heavy (non-hydrogen) atoms. The molecule has 0 unspecified atom stereocenters. The predicted octanol–water partition coefficient (Wildman–Crippen LogP) is 3.13. The molecule has 1 aliphatic heterocycles. The number of fused-ring (bicyclic) bond motifs is 1. The van der Waals surface area contributed by atoms with Crippen LogP contribution in [0.4, 0.5) is 0 Å². The van der Waals surface area contributed by atoms with Gasteiger partial charge in [0.1, 0.15) is 6.33 Å². The zero-order valence-electron chi connectivity index (χ0n) is 15.7. The number of rotatable bonds is 4. The van der Waals surface area contributed by atoms with Gasteiger partial charge >= 0.3 is 5.97 Å². The van der Waals surface area contributed by atoms with Crippen molar-refractivity contribution in [1.82, 2.24) is 13.9 Å². The van der Waals surface area contributed by atoms with E-state index in [9.17, 15) is 18.3 Å². The number of carboxylic acids is 1. The number of hydrogen-bond donors (Lipinski definition) is 1. The molecule has 2 aromatic carbocycles. The quantitative estimate of drug-likeness (QED) is 0.728. The Kier molecular flexibility index (Phi) is 4.47. The van der Waals surface area contributed by atoms with Crippen LogP contribution in [0.3, 0.4) is 0 Å². The normalized spacial score (nSPS) is 15.4. The van der Waals surface area contributed by atoms with E-state index in [0.717, 1.165) is 35.0 Å². The van der Waals surface area contributed by atoms with Gasteiger partial charge in [0.25, 0.3) is 0 Å². The van der Waals surface area contributed by atoms with Gasteiger partial charge in [-0.1, -0.05) is 0 Å². The van der Waals surface area contributed by atoms with Gasteiger partial charge in [0.2, 0.25) is 10.0 Å². The zero-order valence-corrected chi connectivity index (χ0v) is 16.5. The highest BCUT2D eigenvalue weighted by Crippen LogP contribution is 2.27. The molecule has 0 atom stereocenters. The molecular formula is C20H21N3O4S. The van der Waals surface area contributed by atoms with Crippen LogP contribution in [0.5, 0.6) is 0 Å². The Morgan fingerprint density at radius 1 is 1.04 bits per heavy atom. The predicted molar refractivity (Wildman–Crippen MR) is 105 cm³/mol. The minimum absolute atomic E-state index is 0.00464. The second kappa shape index (κ2) is 6.72. The third kappa shape index (κ3) is 3.08. The molecule has 0 saturated carbocycles. The van der Waals surface area contributed by atoms with E-state index in [-0.39, 0.29) is 10.5 Å². The minimum atomic E-state index is -3.74. The number of carboxylic acid groups (broad SMARTS) is 1. The molecule has 1 fully saturated rings. The summed E-state index contributed by atoms with van der Waals surface area (Å²) in [6.45, 7) is 4.91. The summed E-state index contributed by atoms with van der Waals surface area (Å²) in [5.41, 5.74) is 4.15. The number of nitrogens with zero attached hydrogens (tertiary/aromatic N) is 3. The Morgan fingerprint density at radius 3 is 2.39 bits per heavy atom. The van der Waals surface area contributed by atoms with Crippen molar-refractivity contribution in [1.29, 1.82) is 0 Å². The standard InChI is InChI=1S/C20H21N3O4S/c1-13-7-18-19(8-14(13)2)23(12-21-18)16-9-15(20(24)25)10-17(11-16)28(26,27)22-5-3-4-6-22/h7-12H,3-6H2,1-2H3,(H,24,25). The summed E-state index contributed by atoms with van der Waals surface area (Å²) < 4.78 is 29.2. The summed E-state index contributed by atoms with van der Waals surface area (Å²) in [5.74, 6) is -1.17. The lowest BCUT2D eigenvalue weighted by molar-refractivity contribution is 0.0696. The van der Waals surface area contributed by atoms with Crippen molar-refractivity contribution < 1.29 is 18.3 Å². The van der Waals surface area contributed by atoms with Crippen molar-refractivity contribution in [3.63, 3.8) is 0 Å². The Hall–Kier alpha value is -2.71. The topological polar surface area (TPSA) is 92.5 Å². The third-order valence-electron chi connectivity index (χ3n) is 5.28. The van der Waals surface area contributed by atoms with Crippen molar-refractivity contribution in [3.05, 3.63) is 53.3 Å². The smallest absolute Gasteiger partial charge is 0.335 e. The fraction of sp³-hybridized carbons (Fsp3) is 0.300. The molecule has 0 amide bonds. The highest BCUT2D eigenvalue weighted by atomic mass is 32.2. The van der Waals surface area contributed by atoms with E-state index in [2.05, 4.69) is 4.98 Å². The van der Waals surface area contributed by atoms with Gasteiger partial charge in [-0.25, -0.2) is 18.2 Å². The van der Waals surface area contributed by atoms with Gasteiger partial charge in [-0.2, -0.15) is 4.31 Å². The Morgan fingerprint density at radius 2 is 1.71 bits per heavy atom. The van der Waals surface area contributed by atoms with Crippen LogP contribution < -0.4 is 0 Å². The van der Waals surface area contributed by atoms with Gasteiger partial charge in [0, 0.05) is 18.8 Å². The van der Waals surface area contributed by atoms with Gasteiger partial charge < -0.3 is 5.11 Å². The zero-order chi connectivity index (χ0) is 20.1. The van der Waals surface area contributed by atoms with E-state index in [1.807, 2.05) is 26.0 Å². The molecule has 7 nitrogen and oxygen atoms in total. The molecule has 3 aromatic rings. The van der Waals surface area contributed by atoms with Gasteiger partial charge in [0.05, 0.1) is 21.5 Å². The molecule has 0 bridgehead atoms. The number of benzene rings is 2. The SMILES string of the molecule is Cc1cc2ncn(-c3cc(C(=O)O)cc(S(=O)(=O)N4CCCC4)c3)c2cc1C. The molecule has 0 spiro atoms. The van der Waals surface area contributed by atoms with Crippen LogP contribution >= 0.6 is 0 Å². The molecule has 1 aliphatic rings. The molecule has 4 rings (SSSR count). The van der Waals surface area contributed by atoms with Crippen molar-refractivity contribution in [2.75, 3.05) is 13.1 Å². The molecular weight excluding hydrogens is 378 g/mol. The van der Waals surface area contributed by atoms with Crippen LogP contribution in [0.15, 0.2) is 41.6 Å². The average molecular weight is 399 g/mol. The van der Waals surface area contributed by atoms with Crippen LogP contribution in [0, 0.1) is 13.8 Å². The number of carbonyl (C=O) groups is 1. The van der Waals surface area contributed by atoms with E-state index in [1.165, 1.54) is 22.5 Å². The van der Waals surface area contributed by atoms with Crippen molar-refractivity contribution in [2.24, 2.45) is 0 Å². The Balaban J connectivity index is 1.92. The summed E-state index contributed by atoms with van der Waals surface area (Å²) in [6, 6.07) is 8.16. The van der Waals surface area contributed by atoms with Crippen LogP contribution in [0.25, 0.3) is 16.7 Å². The number of aromatic carboxylic acids is 1. The molecule has 2 heterocycles. The van der Waals surface area contributed by atoms with Crippen molar-refractivity contribution in [2.45, 2.75) is 31.6 Å². The van der Waals surface area contributed by atoms with Crippen LogP contribution in [0.2, 0.25) is 0 Å². The molecule has 8 heteroatoms. The second-order valence-electron chi connectivity index (χ2n) is 7.17. The monoisotopic (exact) mass is 399 g/mol. The van der Waals surface area contributed by atoms with Crippen molar-refractivity contribution >= 4 is 27.0 Å². The minimum Gasteiger partial charge on any atom is -0.478 e. The Labute approximate surface area is 163 Å². The van der Waals surface area contributed by atoms with Crippen LogP contribution in [-0.2, 0) is 10.0 Å². The molecule has 1 aromatic heterocycles. The maximum absolute atomic E-state index is 13.0. The van der Waals surface area contributed by atoms with Gasteiger partial charge in [-0.05, 0) is 68.1 Å². The lowest BCUT2D eigenvalue weighted by Crippen LogP contribution is -2.28. The lowest BCUT2D eigenvalue weighted by atomic mass is 10.1. The first-order valence-electron chi connectivity index (χ1n) is 9.10. The summed E-state index contributed by atoms with van der Waals surface area (Å²) in [4.78, 5) is 16.0.